The van der Waals surface area contributed by atoms with Crippen LogP contribution in [0.4, 0.5) is 0 Å². The number of nitrogens with zero attached hydrogens (tertiary/aromatic N) is 2. The molecule has 1 heterocycles. The number of aromatic nitrogens is 2. The Kier molecular flexibility index (Phi) is 4.33. The van der Waals surface area contributed by atoms with Crippen LogP contribution in [-0.2, 0) is 6.42 Å². The van der Waals surface area contributed by atoms with E-state index in [1.54, 1.807) is 0 Å². The van der Waals surface area contributed by atoms with Gasteiger partial charge in [-0.3, -0.25) is 0 Å². The third-order valence-corrected chi connectivity index (χ3v) is 3.68. The zero-order chi connectivity index (χ0) is 13.1. The second kappa shape index (κ2) is 5.79. The highest BCUT2D eigenvalue weighted by Gasteiger charge is 2.27. The van der Waals surface area contributed by atoms with E-state index in [1.165, 1.54) is 29.8 Å². The van der Waals surface area contributed by atoms with Gasteiger partial charge in [0.2, 0.25) is 0 Å². The molecule has 0 aliphatic heterocycles. The highest BCUT2D eigenvalue weighted by molar-refractivity contribution is 5.26. The van der Waals surface area contributed by atoms with Gasteiger partial charge in [0.1, 0.15) is 5.82 Å². The molecule has 1 aliphatic rings. The van der Waals surface area contributed by atoms with Gasteiger partial charge in [-0.15, -0.1) is 0 Å². The van der Waals surface area contributed by atoms with Crippen LogP contribution < -0.4 is 5.32 Å². The molecule has 0 amide bonds. The summed E-state index contributed by atoms with van der Waals surface area (Å²) in [7, 11) is 0. The maximum absolute atomic E-state index is 4.70. The fraction of sp³-hybridized carbons (Fsp3) is 0.733. The van der Waals surface area contributed by atoms with E-state index in [4.69, 9.17) is 9.97 Å². The van der Waals surface area contributed by atoms with Gasteiger partial charge in [0.25, 0.3) is 0 Å². The van der Waals surface area contributed by atoms with Gasteiger partial charge in [0.05, 0.1) is 0 Å². The number of rotatable bonds is 6. The first-order valence-electron chi connectivity index (χ1n) is 7.16. The molecule has 18 heavy (non-hydrogen) atoms. The van der Waals surface area contributed by atoms with Gasteiger partial charge in [-0.1, -0.05) is 13.8 Å². The first kappa shape index (κ1) is 13.5. The second-order valence-electron chi connectivity index (χ2n) is 5.62. The van der Waals surface area contributed by atoms with Crippen molar-refractivity contribution in [1.82, 2.24) is 15.3 Å². The van der Waals surface area contributed by atoms with Crippen molar-refractivity contribution in [3.05, 3.63) is 22.8 Å². The minimum atomic E-state index is 0.637. The van der Waals surface area contributed by atoms with Crippen molar-refractivity contribution in [2.45, 2.75) is 52.9 Å². The summed E-state index contributed by atoms with van der Waals surface area (Å²) < 4.78 is 0. The lowest BCUT2D eigenvalue weighted by Crippen LogP contribution is -2.22. The quantitative estimate of drug-likeness (QED) is 0.840. The molecule has 1 aromatic rings. The monoisotopic (exact) mass is 247 g/mol. The summed E-state index contributed by atoms with van der Waals surface area (Å²) in [5.41, 5.74) is 3.73. The normalized spacial score (nSPS) is 16.9. The standard InChI is InChI=1S/C15H25N3/c1-5-16-9-10(2)8-14-11(3)17-15(13-6-7-13)18-12(14)4/h10,13,16H,5-9H2,1-4H3. The highest BCUT2D eigenvalue weighted by Crippen LogP contribution is 2.38. The molecule has 1 fully saturated rings. The smallest absolute Gasteiger partial charge is 0.131 e. The number of hydrogen-bond acceptors (Lipinski definition) is 3. The van der Waals surface area contributed by atoms with E-state index in [-0.39, 0.29) is 0 Å². The van der Waals surface area contributed by atoms with Gasteiger partial charge >= 0.3 is 0 Å². The molecule has 1 N–H and O–H groups in total. The van der Waals surface area contributed by atoms with Gasteiger partial charge in [-0.05, 0) is 57.7 Å². The Labute approximate surface area is 110 Å². The zero-order valence-corrected chi connectivity index (χ0v) is 12.1. The fourth-order valence-electron chi connectivity index (χ4n) is 2.40. The van der Waals surface area contributed by atoms with E-state index in [0.717, 1.165) is 25.3 Å². The summed E-state index contributed by atoms with van der Waals surface area (Å²) in [4.78, 5) is 9.40. The van der Waals surface area contributed by atoms with Crippen LogP contribution in [0.5, 0.6) is 0 Å². The Morgan fingerprint density at radius 2 is 1.83 bits per heavy atom. The summed E-state index contributed by atoms with van der Waals surface area (Å²) in [6.45, 7) is 10.8. The van der Waals surface area contributed by atoms with Gasteiger partial charge in [0.15, 0.2) is 0 Å². The van der Waals surface area contributed by atoms with Crippen molar-refractivity contribution < 1.29 is 0 Å². The zero-order valence-electron chi connectivity index (χ0n) is 12.1. The minimum absolute atomic E-state index is 0.637. The van der Waals surface area contributed by atoms with Crippen LogP contribution >= 0.6 is 0 Å². The van der Waals surface area contributed by atoms with Crippen molar-refractivity contribution >= 4 is 0 Å². The van der Waals surface area contributed by atoms with Gasteiger partial charge in [-0.2, -0.15) is 0 Å². The summed E-state index contributed by atoms with van der Waals surface area (Å²) >= 11 is 0. The molecule has 0 saturated heterocycles. The lowest BCUT2D eigenvalue weighted by molar-refractivity contribution is 0.517. The Hall–Kier alpha value is -0.960. The van der Waals surface area contributed by atoms with Crippen LogP contribution in [0.3, 0.4) is 0 Å². The molecule has 1 unspecified atom stereocenters. The van der Waals surface area contributed by atoms with E-state index in [1.807, 2.05) is 0 Å². The highest BCUT2D eigenvalue weighted by atomic mass is 14.9. The molecule has 0 bridgehead atoms. The van der Waals surface area contributed by atoms with Gasteiger partial charge in [0, 0.05) is 17.3 Å². The number of nitrogens with one attached hydrogen (secondary N) is 1. The lowest BCUT2D eigenvalue weighted by Gasteiger charge is -2.15. The van der Waals surface area contributed by atoms with Crippen molar-refractivity contribution in [3.63, 3.8) is 0 Å². The molecule has 1 atom stereocenters. The maximum atomic E-state index is 4.70. The molecular formula is C15H25N3. The Bertz CT molecular complexity index is 387. The summed E-state index contributed by atoms with van der Waals surface area (Å²) in [6.07, 6.45) is 3.62. The van der Waals surface area contributed by atoms with Crippen LogP contribution in [0, 0.1) is 19.8 Å². The van der Waals surface area contributed by atoms with Crippen LogP contribution in [-0.4, -0.2) is 23.1 Å². The minimum Gasteiger partial charge on any atom is -0.317 e. The van der Waals surface area contributed by atoms with E-state index in [9.17, 15) is 0 Å². The predicted molar refractivity (Wildman–Crippen MR) is 74.9 cm³/mol. The third kappa shape index (κ3) is 3.29. The summed E-state index contributed by atoms with van der Waals surface area (Å²) in [5.74, 6) is 2.36. The fourth-order valence-corrected chi connectivity index (χ4v) is 2.40. The van der Waals surface area contributed by atoms with Crippen LogP contribution in [0.25, 0.3) is 0 Å². The lowest BCUT2D eigenvalue weighted by atomic mass is 9.98. The number of hydrogen-bond donors (Lipinski definition) is 1. The molecule has 1 aromatic heterocycles. The van der Waals surface area contributed by atoms with Crippen LogP contribution in [0.1, 0.15) is 55.4 Å². The molecule has 2 rings (SSSR count). The van der Waals surface area contributed by atoms with E-state index < -0.39 is 0 Å². The van der Waals surface area contributed by atoms with Crippen molar-refractivity contribution in [3.8, 4) is 0 Å². The van der Waals surface area contributed by atoms with E-state index in [2.05, 4.69) is 33.0 Å². The Balaban J connectivity index is 2.07. The average Bonchev–Trinajstić information content (AvgIpc) is 3.15. The van der Waals surface area contributed by atoms with Crippen molar-refractivity contribution in [2.24, 2.45) is 5.92 Å². The van der Waals surface area contributed by atoms with Crippen LogP contribution in [0.2, 0.25) is 0 Å². The molecule has 3 nitrogen and oxygen atoms in total. The second-order valence-corrected chi connectivity index (χ2v) is 5.62. The predicted octanol–water partition coefficient (Wildman–Crippen LogP) is 2.76. The third-order valence-electron chi connectivity index (χ3n) is 3.68. The van der Waals surface area contributed by atoms with E-state index >= 15 is 0 Å². The summed E-state index contributed by atoms with van der Waals surface area (Å²) in [5, 5.41) is 3.41. The molecule has 0 aromatic carbocycles. The largest absolute Gasteiger partial charge is 0.317 e. The Morgan fingerprint density at radius 1 is 1.22 bits per heavy atom. The van der Waals surface area contributed by atoms with Crippen molar-refractivity contribution in [1.29, 1.82) is 0 Å². The van der Waals surface area contributed by atoms with Gasteiger partial charge in [-0.25, -0.2) is 9.97 Å². The Morgan fingerprint density at radius 3 is 2.33 bits per heavy atom. The number of aryl methyl sites for hydroxylation is 2. The molecule has 0 spiro atoms. The topological polar surface area (TPSA) is 37.8 Å². The maximum Gasteiger partial charge on any atom is 0.131 e. The first-order valence-corrected chi connectivity index (χ1v) is 7.16. The molecule has 0 radical (unpaired) electrons. The van der Waals surface area contributed by atoms with Crippen LogP contribution in [0.15, 0.2) is 0 Å². The molecular weight excluding hydrogens is 222 g/mol. The SMILES string of the molecule is CCNCC(C)Cc1c(C)nc(C2CC2)nc1C. The summed E-state index contributed by atoms with van der Waals surface area (Å²) in [6, 6.07) is 0. The van der Waals surface area contributed by atoms with Gasteiger partial charge < -0.3 is 5.32 Å². The average molecular weight is 247 g/mol. The molecule has 3 heteroatoms. The van der Waals surface area contributed by atoms with E-state index in [0.29, 0.717) is 11.8 Å². The molecule has 1 saturated carbocycles. The molecule has 100 valence electrons. The first-order chi connectivity index (χ1) is 8.61. The van der Waals surface area contributed by atoms with Crippen molar-refractivity contribution in [2.75, 3.05) is 13.1 Å². The molecule has 1 aliphatic carbocycles.